The zero-order valence-corrected chi connectivity index (χ0v) is 15.7. The molecule has 2 aliphatic rings. The lowest BCUT2D eigenvalue weighted by atomic mass is 9.73. The fourth-order valence-electron chi connectivity index (χ4n) is 3.84. The highest BCUT2D eigenvalue weighted by Crippen LogP contribution is 2.38. The fourth-order valence-corrected chi connectivity index (χ4v) is 3.84. The second-order valence-electron chi connectivity index (χ2n) is 7.41. The monoisotopic (exact) mass is 374 g/mol. The number of amides is 2. The van der Waals surface area contributed by atoms with Crippen molar-refractivity contribution in [3.8, 4) is 5.75 Å². The summed E-state index contributed by atoms with van der Waals surface area (Å²) in [4.78, 5) is 25.8. The zero-order valence-electron chi connectivity index (χ0n) is 15.7. The number of benzene rings is 1. The van der Waals surface area contributed by atoms with Crippen LogP contribution in [0.5, 0.6) is 5.75 Å². The van der Waals surface area contributed by atoms with Gasteiger partial charge in [0.25, 0.3) is 0 Å². The smallest absolute Gasteiger partial charge is 0.475 e. The van der Waals surface area contributed by atoms with Gasteiger partial charge in [0.2, 0.25) is 11.8 Å². The number of aryl methyl sites for hydroxylation is 1. The summed E-state index contributed by atoms with van der Waals surface area (Å²) in [6.45, 7) is 3.49. The minimum atomic E-state index is -1.65. The molecule has 0 radical (unpaired) electrons. The lowest BCUT2D eigenvalue weighted by Crippen LogP contribution is -2.48. The Bertz CT molecular complexity index is 697. The van der Waals surface area contributed by atoms with Crippen LogP contribution >= 0.6 is 0 Å². The van der Waals surface area contributed by atoms with Crippen LogP contribution in [0.1, 0.15) is 49.1 Å². The first-order valence-corrected chi connectivity index (χ1v) is 9.61. The van der Waals surface area contributed by atoms with E-state index in [4.69, 9.17) is 4.74 Å². The van der Waals surface area contributed by atoms with Crippen LogP contribution in [0, 0.1) is 6.92 Å². The van der Waals surface area contributed by atoms with E-state index in [1.54, 1.807) is 4.90 Å². The maximum Gasteiger partial charge on any atom is 0.475 e. The summed E-state index contributed by atoms with van der Waals surface area (Å²) in [5, 5.41) is 22.1. The van der Waals surface area contributed by atoms with E-state index in [1.807, 2.05) is 25.1 Å². The summed E-state index contributed by atoms with van der Waals surface area (Å²) in [6, 6.07) is 5.91. The molecule has 2 heterocycles. The predicted molar refractivity (Wildman–Crippen MR) is 101 cm³/mol. The quantitative estimate of drug-likeness (QED) is 0.612. The van der Waals surface area contributed by atoms with Crippen molar-refractivity contribution in [3.05, 3.63) is 29.3 Å². The molecule has 27 heavy (non-hydrogen) atoms. The van der Waals surface area contributed by atoms with Crippen molar-refractivity contribution in [2.24, 2.45) is 0 Å². The van der Waals surface area contributed by atoms with Crippen LogP contribution in [0.3, 0.4) is 0 Å². The largest absolute Gasteiger partial charge is 0.492 e. The highest BCUT2D eigenvalue weighted by atomic mass is 16.5. The molecule has 0 aromatic heterocycles. The summed E-state index contributed by atoms with van der Waals surface area (Å²) in [7, 11) is -1.65. The van der Waals surface area contributed by atoms with E-state index in [9.17, 15) is 19.6 Å². The Morgan fingerprint density at radius 3 is 2.96 bits per heavy atom. The highest BCUT2D eigenvalue weighted by molar-refractivity contribution is 6.43. The predicted octanol–water partition coefficient (Wildman–Crippen LogP) is 0.761. The van der Waals surface area contributed by atoms with Crippen molar-refractivity contribution in [2.75, 3.05) is 19.7 Å². The SMILES string of the molecule is Cc1cccc2c1OC[C@H]2CC(NC(=O)CCN1CCCCC1=O)B(O)O. The number of likely N-dealkylation sites (tertiary alicyclic amines) is 1. The number of hydrogen-bond acceptors (Lipinski definition) is 5. The lowest BCUT2D eigenvalue weighted by Gasteiger charge is -2.27. The second-order valence-corrected chi connectivity index (χ2v) is 7.41. The van der Waals surface area contributed by atoms with Gasteiger partial charge >= 0.3 is 7.12 Å². The summed E-state index contributed by atoms with van der Waals surface area (Å²) in [5.74, 6) is -0.133. The minimum Gasteiger partial charge on any atom is -0.492 e. The third-order valence-corrected chi connectivity index (χ3v) is 5.39. The van der Waals surface area contributed by atoms with Gasteiger partial charge < -0.3 is 25.0 Å². The molecule has 2 amide bonds. The molecule has 1 fully saturated rings. The Labute approximate surface area is 159 Å². The summed E-state index contributed by atoms with van der Waals surface area (Å²) in [6.07, 6.45) is 2.95. The van der Waals surface area contributed by atoms with Gasteiger partial charge in [0.1, 0.15) is 5.75 Å². The van der Waals surface area contributed by atoms with Crippen LogP contribution in [-0.2, 0) is 9.59 Å². The molecule has 0 spiro atoms. The number of carbonyl (C=O) groups is 2. The third kappa shape index (κ3) is 4.81. The molecule has 3 N–H and O–H groups in total. The molecule has 3 rings (SSSR count). The van der Waals surface area contributed by atoms with Gasteiger partial charge in [-0.1, -0.05) is 18.2 Å². The molecule has 0 saturated carbocycles. The normalized spacial score (nSPS) is 20.0. The Kier molecular flexibility index (Phi) is 6.39. The summed E-state index contributed by atoms with van der Waals surface area (Å²) < 4.78 is 5.75. The molecule has 0 bridgehead atoms. The van der Waals surface area contributed by atoms with Gasteiger partial charge in [0.05, 0.1) is 12.5 Å². The average Bonchev–Trinajstić information content (AvgIpc) is 3.05. The minimum absolute atomic E-state index is 0.00401. The van der Waals surface area contributed by atoms with E-state index in [2.05, 4.69) is 5.32 Å². The van der Waals surface area contributed by atoms with Crippen molar-refractivity contribution in [1.82, 2.24) is 10.2 Å². The molecule has 1 aromatic rings. The van der Waals surface area contributed by atoms with Crippen LogP contribution < -0.4 is 10.1 Å². The topological polar surface area (TPSA) is 99.1 Å². The first kappa shape index (κ1) is 19.7. The van der Waals surface area contributed by atoms with E-state index in [1.165, 1.54) is 0 Å². The summed E-state index contributed by atoms with van der Waals surface area (Å²) >= 11 is 0. The number of para-hydroxylation sites is 1. The van der Waals surface area contributed by atoms with E-state index < -0.39 is 13.1 Å². The maximum atomic E-state index is 12.3. The van der Waals surface area contributed by atoms with Crippen LogP contribution in [0.25, 0.3) is 0 Å². The Morgan fingerprint density at radius 1 is 1.41 bits per heavy atom. The van der Waals surface area contributed by atoms with Gasteiger partial charge in [-0.2, -0.15) is 0 Å². The number of carbonyl (C=O) groups excluding carboxylic acids is 2. The van der Waals surface area contributed by atoms with Crippen LogP contribution in [0.4, 0.5) is 0 Å². The number of fused-ring (bicyclic) bond motifs is 1. The molecule has 1 saturated heterocycles. The van der Waals surface area contributed by atoms with Gasteiger partial charge in [-0.25, -0.2) is 0 Å². The lowest BCUT2D eigenvalue weighted by molar-refractivity contribution is -0.133. The highest BCUT2D eigenvalue weighted by Gasteiger charge is 2.33. The van der Waals surface area contributed by atoms with E-state index >= 15 is 0 Å². The van der Waals surface area contributed by atoms with Crippen molar-refractivity contribution in [1.29, 1.82) is 0 Å². The number of nitrogens with zero attached hydrogens (tertiary/aromatic N) is 1. The third-order valence-electron chi connectivity index (χ3n) is 5.39. The molecule has 2 atom stereocenters. The van der Waals surface area contributed by atoms with Crippen LogP contribution in [0.2, 0.25) is 0 Å². The summed E-state index contributed by atoms with van der Waals surface area (Å²) in [5.41, 5.74) is 2.08. The Balaban J connectivity index is 1.54. The molecule has 0 aliphatic carbocycles. The van der Waals surface area contributed by atoms with Crippen molar-refractivity contribution < 1.29 is 24.4 Å². The number of nitrogens with one attached hydrogen (secondary N) is 1. The Morgan fingerprint density at radius 2 is 2.22 bits per heavy atom. The molecule has 8 heteroatoms. The molecule has 2 aliphatic heterocycles. The standard InChI is InChI=1S/C19H27BN2O5/c1-13-5-4-6-15-14(12-27-19(13)15)11-16(20(25)26)21-17(23)8-10-22-9-3-2-7-18(22)24/h4-6,14,16,25-26H,2-3,7-12H2,1H3,(H,21,23)/t14-,16?/m1/s1. The molecule has 146 valence electrons. The van der Waals surface area contributed by atoms with Crippen molar-refractivity contribution in [2.45, 2.75) is 50.9 Å². The molecule has 1 aromatic carbocycles. The van der Waals surface area contributed by atoms with E-state index in [0.717, 1.165) is 29.7 Å². The second kappa shape index (κ2) is 8.76. The molecular formula is C19H27BN2O5. The van der Waals surface area contributed by atoms with Crippen molar-refractivity contribution in [3.63, 3.8) is 0 Å². The van der Waals surface area contributed by atoms with Crippen LogP contribution in [0.15, 0.2) is 18.2 Å². The fraction of sp³-hybridized carbons (Fsp3) is 0.579. The Hall–Kier alpha value is -2.06. The van der Waals surface area contributed by atoms with Gasteiger partial charge in [-0.05, 0) is 31.7 Å². The van der Waals surface area contributed by atoms with Gasteiger partial charge in [0.15, 0.2) is 0 Å². The van der Waals surface area contributed by atoms with Gasteiger partial charge in [-0.15, -0.1) is 0 Å². The number of rotatable bonds is 7. The molecular weight excluding hydrogens is 347 g/mol. The van der Waals surface area contributed by atoms with E-state index in [0.29, 0.717) is 32.5 Å². The maximum absolute atomic E-state index is 12.3. The van der Waals surface area contributed by atoms with Crippen LogP contribution in [-0.4, -0.2) is 59.5 Å². The van der Waals surface area contributed by atoms with Crippen molar-refractivity contribution >= 4 is 18.9 Å². The van der Waals surface area contributed by atoms with E-state index in [-0.39, 0.29) is 24.2 Å². The number of piperidine rings is 1. The average molecular weight is 374 g/mol. The van der Waals surface area contributed by atoms with Gasteiger partial charge in [-0.3, -0.25) is 9.59 Å². The number of hydrogen-bond donors (Lipinski definition) is 3. The first-order chi connectivity index (χ1) is 13.0. The molecule has 7 nitrogen and oxygen atoms in total. The zero-order chi connectivity index (χ0) is 19.4. The number of ether oxygens (including phenoxy) is 1. The molecule has 1 unspecified atom stereocenters. The first-order valence-electron chi connectivity index (χ1n) is 9.61. The van der Waals surface area contributed by atoms with Gasteiger partial charge in [0, 0.05) is 37.4 Å².